The molecule has 0 bridgehead atoms. The summed E-state index contributed by atoms with van der Waals surface area (Å²) in [5, 5.41) is 10.6. The van der Waals surface area contributed by atoms with Crippen molar-refractivity contribution in [2.24, 2.45) is 0 Å². The predicted octanol–water partition coefficient (Wildman–Crippen LogP) is 5.70. The third-order valence-corrected chi connectivity index (χ3v) is 4.87. The fourth-order valence-electron chi connectivity index (χ4n) is 3.17. The second kappa shape index (κ2) is 6.75. The van der Waals surface area contributed by atoms with E-state index in [4.69, 9.17) is 4.74 Å². The minimum atomic E-state index is -0.313. The van der Waals surface area contributed by atoms with Crippen LogP contribution in [0.1, 0.15) is 78.6 Å². The number of hydrogen-bond acceptors (Lipinski definition) is 3. The van der Waals surface area contributed by atoms with Crippen LogP contribution in [-0.2, 0) is 4.74 Å². The zero-order chi connectivity index (χ0) is 18.1. The molecule has 3 nitrogen and oxygen atoms in total. The van der Waals surface area contributed by atoms with Gasteiger partial charge < -0.3 is 9.84 Å². The Morgan fingerprint density at radius 3 is 2.36 bits per heavy atom. The van der Waals surface area contributed by atoms with E-state index in [-0.39, 0.29) is 17.8 Å². The molecule has 2 aromatic rings. The van der Waals surface area contributed by atoms with E-state index in [9.17, 15) is 9.90 Å². The lowest BCUT2D eigenvalue weighted by molar-refractivity contribution is 0.0717. The fourth-order valence-corrected chi connectivity index (χ4v) is 3.17. The summed E-state index contributed by atoms with van der Waals surface area (Å²) in [6.45, 7) is 8.36. The number of esters is 1. The zero-order valence-corrected chi connectivity index (χ0v) is 15.2. The molecule has 1 atom stereocenters. The molecule has 0 radical (unpaired) electrons. The van der Waals surface area contributed by atoms with Crippen molar-refractivity contribution in [2.45, 2.75) is 46.0 Å². The van der Waals surface area contributed by atoms with Crippen LogP contribution in [-0.4, -0.2) is 11.1 Å². The maximum Gasteiger partial charge on any atom is 0.344 e. The van der Waals surface area contributed by atoms with Crippen LogP contribution in [0.15, 0.2) is 36.4 Å². The highest BCUT2D eigenvalue weighted by atomic mass is 16.5. The Balaban J connectivity index is 2.12. The number of phenols is 1. The standard InChI is InChI=1S/C22H24O3/c1-5-14(4)19-11-15(10-18(13(2)3)21(19)23)12-20-16-8-6-7-9-17(16)22(24)25-20/h6-14,23H,5H2,1-4H3/b20-12-/t14-/m1/s1. The van der Waals surface area contributed by atoms with Crippen molar-refractivity contribution in [3.8, 4) is 5.75 Å². The summed E-state index contributed by atoms with van der Waals surface area (Å²) in [7, 11) is 0. The Morgan fingerprint density at radius 1 is 1.08 bits per heavy atom. The highest BCUT2D eigenvalue weighted by Crippen LogP contribution is 2.38. The topological polar surface area (TPSA) is 46.5 Å². The largest absolute Gasteiger partial charge is 0.507 e. The Morgan fingerprint density at radius 2 is 1.72 bits per heavy atom. The van der Waals surface area contributed by atoms with Gasteiger partial charge in [0.1, 0.15) is 11.5 Å². The number of cyclic esters (lactones) is 1. The van der Waals surface area contributed by atoms with Gasteiger partial charge in [0.05, 0.1) is 5.56 Å². The average Bonchev–Trinajstić information content (AvgIpc) is 2.91. The number of benzene rings is 2. The molecule has 3 heteroatoms. The van der Waals surface area contributed by atoms with Gasteiger partial charge >= 0.3 is 5.97 Å². The van der Waals surface area contributed by atoms with E-state index in [0.29, 0.717) is 17.1 Å². The lowest BCUT2D eigenvalue weighted by Gasteiger charge is -2.18. The average molecular weight is 336 g/mol. The third kappa shape index (κ3) is 3.19. The van der Waals surface area contributed by atoms with Crippen LogP contribution in [0.2, 0.25) is 0 Å². The SMILES string of the molecule is CC[C@@H](C)c1cc(/C=C2\OC(=O)c3ccccc32)cc(C(C)C)c1O. The van der Waals surface area contributed by atoms with Gasteiger partial charge in [-0.15, -0.1) is 0 Å². The summed E-state index contributed by atoms with van der Waals surface area (Å²) in [5.41, 5.74) is 4.22. The molecular weight excluding hydrogens is 312 g/mol. The van der Waals surface area contributed by atoms with Gasteiger partial charge in [0.2, 0.25) is 0 Å². The van der Waals surface area contributed by atoms with E-state index in [0.717, 1.165) is 28.7 Å². The molecule has 1 aliphatic heterocycles. The lowest BCUT2D eigenvalue weighted by Crippen LogP contribution is -1.99. The van der Waals surface area contributed by atoms with Gasteiger partial charge in [-0.05, 0) is 59.2 Å². The first-order chi connectivity index (χ1) is 11.9. The van der Waals surface area contributed by atoms with Crippen molar-refractivity contribution < 1.29 is 14.6 Å². The minimum absolute atomic E-state index is 0.208. The molecule has 1 heterocycles. The molecule has 0 spiro atoms. The quantitative estimate of drug-likeness (QED) is 0.729. The van der Waals surface area contributed by atoms with Crippen molar-refractivity contribution in [1.82, 2.24) is 0 Å². The van der Waals surface area contributed by atoms with Gasteiger partial charge in [-0.3, -0.25) is 0 Å². The van der Waals surface area contributed by atoms with Gasteiger partial charge in [-0.25, -0.2) is 4.79 Å². The van der Waals surface area contributed by atoms with Gasteiger partial charge in [-0.1, -0.05) is 45.9 Å². The van der Waals surface area contributed by atoms with Crippen molar-refractivity contribution in [1.29, 1.82) is 0 Å². The molecular formula is C22H24O3. The Hall–Kier alpha value is -2.55. The second-order valence-corrected chi connectivity index (χ2v) is 6.96. The maximum atomic E-state index is 12.0. The number of phenolic OH excluding ortho intramolecular Hbond substituents is 1. The van der Waals surface area contributed by atoms with E-state index >= 15 is 0 Å². The van der Waals surface area contributed by atoms with Crippen LogP contribution >= 0.6 is 0 Å². The number of ether oxygens (including phenoxy) is 1. The molecule has 0 amide bonds. The zero-order valence-electron chi connectivity index (χ0n) is 15.2. The van der Waals surface area contributed by atoms with Crippen LogP contribution in [0, 0.1) is 0 Å². The molecule has 0 saturated carbocycles. The molecule has 3 rings (SSSR count). The summed E-state index contributed by atoms with van der Waals surface area (Å²) < 4.78 is 5.45. The number of carbonyl (C=O) groups is 1. The highest BCUT2D eigenvalue weighted by Gasteiger charge is 2.26. The first-order valence-corrected chi connectivity index (χ1v) is 8.82. The Labute approximate surface area is 149 Å². The van der Waals surface area contributed by atoms with E-state index < -0.39 is 0 Å². The van der Waals surface area contributed by atoms with Crippen LogP contribution in [0.25, 0.3) is 11.8 Å². The number of aromatic hydroxyl groups is 1. The molecule has 0 aliphatic carbocycles. The van der Waals surface area contributed by atoms with Crippen molar-refractivity contribution in [3.63, 3.8) is 0 Å². The minimum Gasteiger partial charge on any atom is -0.507 e. The fraction of sp³-hybridized carbons (Fsp3) is 0.318. The van der Waals surface area contributed by atoms with Crippen LogP contribution in [0.3, 0.4) is 0 Å². The highest BCUT2D eigenvalue weighted by molar-refractivity contribution is 6.05. The number of hydrogen-bond donors (Lipinski definition) is 1. The summed E-state index contributed by atoms with van der Waals surface area (Å²) in [4.78, 5) is 12.0. The van der Waals surface area contributed by atoms with Crippen LogP contribution in [0.4, 0.5) is 0 Å². The molecule has 1 aliphatic rings. The van der Waals surface area contributed by atoms with Gasteiger partial charge in [0, 0.05) is 5.56 Å². The van der Waals surface area contributed by atoms with Gasteiger partial charge in [0.25, 0.3) is 0 Å². The summed E-state index contributed by atoms with van der Waals surface area (Å²) in [6.07, 6.45) is 2.84. The maximum absolute atomic E-state index is 12.0. The third-order valence-electron chi connectivity index (χ3n) is 4.87. The molecule has 2 aromatic carbocycles. The number of carbonyl (C=O) groups excluding carboxylic acids is 1. The normalized spacial score (nSPS) is 16.2. The first-order valence-electron chi connectivity index (χ1n) is 8.82. The van der Waals surface area contributed by atoms with Crippen molar-refractivity contribution >= 4 is 17.8 Å². The number of fused-ring (bicyclic) bond motifs is 1. The van der Waals surface area contributed by atoms with Crippen LogP contribution < -0.4 is 0 Å². The predicted molar refractivity (Wildman–Crippen MR) is 101 cm³/mol. The van der Waals surface area contributed by atoms with E-state index in [1.807, 2.05) is 36.4 Å². The van der Waals surface area contributed by atoms with Gasteiger partial charge in [0.15, 0.2) is 0 Å². The summed E-state index contributed by atoms with van der Waals surface area (Å²) >= 11 is 0. The summed E-state index contributed by atoms with van der Waals surface area (Å²) in [5.74, 6) is 1.10. The molecule has 1 N–H and O–H groups in total. The van der Waals surface area contributed by atoms with Crippen molar-refractivity contribution in [3.05, 3.63) is 64.2 Å². The monoisotopic (exact) mass is 336 g/mol. The second-order valence-electron chi connectivity index (χ2n) is 6.96. The van der Waals surface area contributed by atoms with Gasteiger partial charge in [-0.2, -0.15) is 0 Å². The molecule has 25 heavy (non-hydrogen) atoms. The van der Waals surface area contributed by atoms with Crippen molar-refractivity contribution in [2.75, 3.05) is 0 Å². The van der Waals surface area contributed by atoms with Crippen LogP contribution in [0.5, 0.6) is 5.75 Å². The Kier molecular flexibility index (Phi) is 4.67. The Bertz CT molecular complexity index is 846. The smallest absolute Gasteiger partial charge is 0.344 e. The van der Waals surface area contributed by atoms with E-state index in [1.54, 1.807) is 6.07 Å². The lowest BCUT2D eigenvalue weighted by atomic mass is 9.89. The molecule has 0 saturated heterocycles. The molecule has 0 fully saturated rings. The van der Waals surface area contributed by atoms with E-state index in [1.165, 1.54) is 0 Å². The summed E-state index contributed by atoms with van der Waals surface area (Å²) in [6, 6.07) is 11.4. The molecule has 0 unspecified atom stereocenters. The van der Waals surface area contributed by atoms with E-state index in [2.05, 4.69) is 27.7 Å². The first kappa shape index (κ1) is 17.3. The number of rotatable bonds is 4. The molecule has 0 aromatic heterocycles. The molecule has 130 valence electrons.